The van der Waals surface area contributed by atoms with Crippen LogP contribution in [0, 0.1) is 0 Å². The molecule has 1 N–H and O–H groups in total. The summed E-state index contributed by atoms with van der Waals surface area (Å²) in [5.41, 5.74) is 0. The summed E-state index contributed by atoms with van der Waals surface area (Å²) >= 11 is 0. The summed E-state index contributed by atoms with van der Waals surface area (Å²) in [7, 11) is 0. The van der Waals surface area contributed by atoms with Crippen LogP contribution < -0.4 is 0 Å². The van der Waals surface area contributed by atoms with Crippen LogP contribution in [0.25, 0.3) is 0 Å². The summed E-state index contributed by atoms with van der Waals surface area (Å²) in [6.45, 7) is 4.99. The molecule has 0 aromatic rings. The summed E-state index contributed by atoms with van der Waals surface area (Å²) < 4.78 is 19.3. The van der Waals surface area contributed by atoms with Gasteiger partial charge in [-0.1, -0.05) is 6.58 Å². The van der Waals surface area contributed by atoms with Crippen molar-refractivity contribution in [3.63, 3.8) is 0 Å². The Balaban J connectivity index is 3.11. The number of carbonyl (C=O) groups is 2. The van der Waals surface area contributed by atoms with E-state index in [0.29, 0.717) is 26.4 Å². The van der Waals surface area contributed by atoms with Gasteiger partial charge in [0.15, 0.2) is 0 Å². The lowest BCUT2D eigenvalue weighted by molar-refractivity contribution is -0.164. The standard InChI is InChI=1S/C10H16O7/c1-2-14-3-4-15-5-6-16-7-8-17-10(13)9(11)12/h2H,1,3-8H2,(H,11,12). The quantitative estimate of drug-likeness (QED) is 0.248. The van der Waals surface area contributed by atoms with Gasteiger partial charge in [0, 0.05) is 0 Å². The van der Waals surface area contributed by atoms with Crippen molar-refractivity contribution in [3.8, 4) is 0 Å². The van der Waals surface area contributed by atoms with Gasteiger partial charge in [-0.15, -0.1) is 0 Å². The Bertz CT molecular complexity index is 239. The van der Waals surface area contributed by atoms with Crippen molar-refractivity contribution in [3.05, 3.63) is 12.8 Å². The summed E-state index contributed by atoms with van der Waals surface area (Å²) in [5, 5.41) is 8.17. The average molecular weight is 248 g/mol. The van der Waals surface area contributed by atoms with Gasteiger partial charge in [-0.2, -0.15) is 0 Å². The van der Waals surface area contributed by atoms with Crippen LogP contribution in [0.5, 0.6) is 0 Å². The lowest BCUT2D eigenvalue weighted by Gasteiger charge is -2.05. The Labute approximate surface area is 98.9 Å². The van der Waals surface area contributed by atoms with Crippen molar-refractivity contribution in [2.24, 2.45) is 0 Å². The molecule has 0 aromatic carbocycles. The first-order valence-electron chi connectivity index (χ1n) is 4.96. The van der Waals surface area contributed by atoms with E-state index in [-0.39, 0.29) is 13.2 Å². The van der Waals surface area contributed by atoms with E-state index in [1.54, 1.807) is 0 Å². The van der Waals surface area contributed by atoms with Gasteiger partial charge in [0.05, 0.1) is 32.7 Å². The Morgan fingerprint density at radius 2 is 1.53 bits per heavy atom. The van der Waals surface area contributed by atoms with E-state index in [0.717, 1.165) is 0 Å². The number of hydrogen-bond acceptors (Lipinski definition) is 6. The zero-order chi connectivity index (χ0) is 12.9. The van der Waals surface area contributed by atoms with E-state index >= 15 is 0 Å². The normalized spacial score (nSPS) is 9.65. The number of ether oxygens (including phenoxy) is 4. The fourth-order valence-electron chi connectivity index (χ4n) is 0.767. The minimum absolute atomic E-state index is 0.0926. The predicted molar refractivity (Wildman–Crippen MR) is 56.4 cm³/mol. The third-order valence-corrected chi connectivity index (χ3v) is 1.47. The van der Waals surface area contributed by atoms with Crippen LogP contribution in [-0.4, -0.2) is 56.7 Å². The first kappa shape index (κ1) is 15.4. The maximum absolute atomic E-state index is 10.5. The molecule has 0 aliphatic rings. The molecule has 0 saturated carbocycles. The Morgan fingerprint density at radius 1 is 1.00 bits per heavy atom. The molecule has 0 spiro atoms. The van der Waals surface area contributed by atoms with E-state index in [1.165, 1.54) is 6.26 Å². The summed E-state index contributed by atoms with van der Waals surface area (Å²) in [4.78, 5) is 20.5. The van der Waals surface area contributed by atoms with Crippen molar-refractivity contribution in [2.75, 3.05) is 39.6 Å². The van der Waals surface area contributed by atoms with Gasteiger partial charge < -0.3 is 24.1 Å². The van der Waals surface area contributed by atoms with Crippen molar-refractivity contribution >= 4 is 11.9 Å². The van der Waals surface area contributed by atoms with Gasteiger partial charge in [0.1, 0.15) is 13.2 Å². The highest BCUT2D eigenvalue weighted by Crippen LogP contribution is 1.83. The van der Waals surface area contributed by atoms with Gasteiger partial charge in [-0.25, -0.2) is 9.59 Å². The molecule has 98 valence electrons. The fourth-order valence-corrected chi connectivity index (χ4v) is 0.767. The SMILES string of the molecule is C=COCCOCCOCCOC(=O)C(=O)O. The molecule has 0 atom stereocenters. The van der Waals surface area contributed by atoms with Crippen molar-refractivity contribution < 1.29 is 33.6 Å². The average Bonchev–Trinajstić information content (AvgIpc) is 2.31. The molecule has 7 heteroatoms. The number of esters is 1. The summed E-state index contributed by atoms with van der Waals surface area (Å²) in [6.07, 6.45) is 1.33. The topological polar surface area (TPSA) is 91.3 Å². The molecule has 0 fully saturated rings. The number of carbonyl (C=O) groups excluding carboxylic acids is 1. The smallest absolute Gasteiger partial charge is 0.417 e. The highest BCUT2D eigenvalue weighted by atomic mass is 16.6. The van der Waals surface area contributed by atoms with E-state index in [2.05, 4.69) is 11.3 Å². The molecular formula is C10H16O7. The maximum Gasteiger partial charge on any atom is 0.417 e. The highest BCUT2D eigenvalue weighted by Gasteiger charge is 2.11. The molecule has 0 amide bonds. The molecule has 0 aromatic heterocycles. The molecule has 0 radical (unpaired) electrons. The Morgan fingerprint density at radius 3 is 2.06 bits per heavy atom. The molecule has 7 nitrogen and oxygen atoms in total. The van der Waals surface area contributed by atoms with Crippen LogP contribution in [0.15, 0.2) is 12.8 Å². The largest absolute Gasteiger partial charge is 0.499 e. The van der Waals surface area contributed by atoms with Crippen LogP contribution in [0.1, 0.15) is 0 Å². The van der Waals surface area contributed by atoms with Gasteiger partial charge >= 0.3 is 11.9 Å². The van der Waals surface area contributed by atoms with E-state index in [1.807, 2.05) is 0 Å². The monoisotopic (exact) mass is 248 g/mol. The summed E-state index contributed by atoms with van der Waals surface area (Å²) in [6, 6.07) is 0. The molecular weight excluding hydrogens is 232 g/mol. The molecule has 0 heterocycles. The Kier molecular flexibility index (Phi) is 9.88. The number of rotatable bonds is 10. The molecule has 0 aliphatic heterocycles. The molecule has 0 rings (SSSR count). The summed E-state index contributed by atoms with van der Waals surface area (Å²) in [5.74, 6) is -2.90. The van der Waals surface area contributed by atoms with Gasteiger partial charge in [-0.05, 0) is 0 Å². The molecule has 0 saturated heterocycles. The van der Waals surface area contributed by atoms with Crippen molar-refractivity contribution in [1.82, 2.24) is 0 Å². The second kappa shape index (κ2) is 10.9. The van der Waals surface area contributed by atoms with Crippen LogP contribution in [0.3, 0.4) is 0 Å². The van der Waals surface area contributed by atoms with Crippen LogP contribution in [0.4, 0.5) is 0 Å². The molecule has 0 bridgehead atoms. The van der Waals surface area contributed by atoms with E-state index in [4.69, 9.17) is 19.3 Å². The van der Waals surface area contributed by atoms with Crippen molar-refractivity contribution in [2.45, 2.75) is 0 Å². The van der Waals surface area contributed by atoms with Crippen LogP contribution >= 0.6 is 0 Å². The third-order valence-electron chi connectivity index (χ3n) is 1.47. The molecule has 0 unspecified atom stereocenters. The number of carboxylic acids is 1. The van der Waals surface area contributed by atoms with E-state index < -0.39 is 11.9 Å². The molecule has 17 heavy (non-hydrogen) atoms. The fraction of sp³-hybridized carbons (Fsp3) is 0.600. The lowest BCUT2D eigenvalue weighted by atomic mass is 10.6. The van der Waals surface area contributed by atoms with Crippen LogP contribution in [-0.2, 0) is 28.5 Å². The highest BCUT2D eigenvalue weighted by molar-refractivity contribution is 6.28. The number of aliphatic carboxylic acids is 1. The minimum atomic E-state index is -1.62. The van der Waals surface area contributed by atoms with Gasteiger partial charge in [0.25, 0.3) is 0 Å². The van der Waals surface area contributed by atoms with Crippen molar-refractivity contribution in [1.29, 1.82) is 0 Å². The Hall–Kier alpha value is -1.60. The maximum atomic E-state index is 10.5. The molecule has 0 aliphatic carbocycles. The van der Waals surface area contributed by atoms with Gasteiger partial charge in [-0.3, -0.25) is 0 Å². The predicted octanol–water partition coefficient (Wildman–Crippen LogP) is -0.193. The zero-order valence-corrected chi connectivity index (χ0v) is 9.42. The third kappa shape index (κ3) is 10.7. The first-order chi connectivity index (χ1) is 8.18. The zero-order valence-electron chi connectivity index (χ0n) is 9.42. The second-order valence-electron chi connectivity index (χ2n) is 2.70. The lowest BCUT2D eigenvalue weighted by Crippen LogP contribution is -2.19. The van der Waals surface area contributed by atoms with Gasteiger partial charge in [0.2, 0.25) is 0 Å². The van der Waals surface area contributed by atoms with E-state index in [9.17, 15) is 9.59 Å². The first-order valence-corrected chi connectivity index (χ1v) is 4.96. The number of carboxylic acid groups (broad SMARTS) is 1. The van der Waals surface area contributed by atoms with Crippen LogP contribution in [0.2, 0.25) is 0 Å². The number of hydrogen-bond donors (Lipinski definition) is 1. The minimum Gasteiger partial charge on any atom is -0.499 e. The second-order valence-corrected chi connectivity index (χ2v) is 2.70.